The van der Waals surface area contributed by atoms with Gasteiger partial charge in [-0.25, -0.2) is 4.98 Å². The lowest BCUT2D eigenvalue weighted by Gasteiger charge is -2.08. The first-order chi connectivity index (χ1) is 12.3. The highest BCUT2D eigenvalue weighted by molar-refractivity contribution is 7.98. The number of nitrogens with zero attached hydrogens (tertiary/aromatic N) is 4. The molecular formula is C16H12N4O2S3. The molecule has 0 saturated carbocycles. The summed E-state index contributed by atoms with van der Waals surface area (Å²) >= 11 is 4.36. The van der Waals surface area contributed by atoms with Gasteiger partial charge in [0.25, 0.3) is 5.56 Å². The minimum absolute atomic E-state index is 0.0489. The highest BCUT2D eigenvalue weighted by Crippen LogP contribution is 2.26. The van der Waals surface area contributed by atoms with Crippen molar-refractivity contribution in [1.82, 2.24) is 19.7 Å². The second kappa shape index (κ2) is 6.95. The fraction of sp³-hybridized carbons (Fsp3) is 0.125. The van der Waals surface area contributed by atoms with Crippen molar-refractivity contribution in [3.05, 3.63) is 57.9 Å². The SMILES string of the molecule is C=CCn1c(SCc2nc(-c3cccs3)no2)nc2ccsc2c1=O. The van der Waals surface area contributed by atoms with Gasteiger partial charge in [-0.3, -0.25) is 9.36 Å². The molecule has 4 aromatic rings. The van der Waals surface area contributed by atoms with Gasteiger partial charge >= 0.3 is 0 Å². The molecule has 0 atom stereocenters. The normalized spacial score (nSPS) is 11.2. The van der Waals surface area contributed by atoms with Crippen LogP contribution in [0.25, 0.3) is 20.9 Å². The van der Waals surface area contributed by atoms with Crippen LogP contribution < -0.4 is 5.56 Å². The third-order valence-corrected chi connectivity index (χ3v) is 6.10. The topological polar surface area (TPSA) is 73.8 Å². The molecule has 9 heteroatoms. The van der Waals surface area contributed by atoms with Gasteiger partial charge in [0.2, 0.25) is 11.7 Å². The van der Waals surface area contributed by atoms with Gasteiger partial charge in [-0.2, -0.15) is 4.98 Å². The van der Waals surface area contributed by atoms with Gasteiger partial charge in [-0.05, 0) is 22.9 Å². The Morgan fingerprint density at radius 3 is 3.00 bits per heavy atom. The predicted octanol–water partition coefficient (Wildman–Crippen LogP) is 4.05. The van der Waals surface area contributed by atoms with Crippen LogP contribution in [-0.4, -0.2) is 19.7 Å². The van der Waals surface area contributed by atoms with Crippen LogP contribution in [0.4, 0.5) is 0 Å². The molecule has 6 nitrogen and oxygen atoms in total. The standard InChI is InChI=1S/C16H12N4O2S3/c1-2-6-20-15(21)13-10(5-8-24-13)17-16(20)25-9-12-18-14(19-22-12)11-4-3-7-23-11/h2-5,7-8H,1,6,9H2. The van der Waals surface area contributed by atoms with Crippen molar-refractivity contribution in [3.63, 3.8) is 0 Å². The molecule has 4 aromatic heterocycles. The molecule has 126 valence electrons. The molecule has 0 saturated heterocycles. The summed E-state index contributed by atoms with van der Waals surface area (Å²) in [6, 6.07) is 5.74. The van der Waals surface area contributed by atoms with E-state index in [0.29, 0.717) is 39.4 Å². The number of fused-ring (bicyclic) bond motifs is 1. The molecule has 4 rings (SSSR count). The number of thiophene rings is 2. The Morgan fingerprint density at radius 1 is 1.28 bits per heavy atom. The highest BCUT2D eigenvalue weighted by atomic mass is 32.2. The van der Waals surface area contributed by atoms with Gasteiger partial charge in [-0.15, -0.1) is 29.3 Å². The quantitative estimate of drug-likeness (QED) is 0.282. The first kappa shape index (κ1) is 16.2. The van der Waals surface area contributed by atoms with E-state index in [2.05, 4.69) is 21.7 Å². The zero-order valence-electron chi connectivity index (χ0n) is 12.9. The van der Waals surface area contributed by atoms with E-state index in [-0.39, 0.29) is 5.56 Å². The van der Waals surface area contributed by atoms with E-state index in [4.69, 9.17) is 4.52 Å². The van der Waals surface area contributed by atoms with Gasteiger partial charge in [0.05, 0.1) is 16.1 Å². The Hall–Kier alpha value is -2.23. The summed E-state index contributed by atoms with van der Waals surface area (Å²) in [5.41, 5.74) is 0.662. The summed E-state index contributed by atoms with van der Waals surface area (Å²) in [5, 5.41) is 8.45. The Balaban J connectivity index is 1.61. The number of aromatic nitrogens is 4. The average Bonchev–Trinajstić information content (AvgIpc) is 3.36. The van der Waals surface area contributed by atoms with Crippen LogP contribution in [0.1, 0.15) is 5.89 Å². The van der Waals surface area contributed by atoms with Crippen molar-refractivity contribution >= 4 is 44.7 Å². The molecule has 0 radical (unpaired) electrons. The number of allylic oxidation sites excluding steroid dienone is 1. The molecule has 0 bridgehead atoms. The number of thioether (sulfide) groups is 1. The summed E-state index contributed by atoms with van der Waals surface area (Å²) in [6.45, 7) is 4.13. The van der Waals surface area contributed by atoms with Gasteiger partial charge in [0.1, 0.15) is 4.70 Å². The van der Waals surface area contributed by atoms with E-state index in [1.54, 1.807) is 22.0 Å². The van der Waals surface area contributed by atoms with Crippen molar-refractivity contribution in [1.29, 1.82) is 0 Å². The molecule has 0 amide bonds. The Kier molecular flexibility index (Phi) is 4.51. The predicted molar refractivity (Wildman–Crippen MR) is 101 cm³/mol. The van der Waals surface area contributed by atoms with E-state index in [9.17, 15) is 4.79 Å². The maximum absolute atomic E-state index is 12.6. The van der Waals surface area contributed by atoms with E-state index in [0.717, 1.165) is 4.88 Å². The number of hydrogen-bond donors (Lipinski definition) is 0. The molecule has 0 aliphatic carbocycles. The summed E-state index contributed by atoms with van der Waals surface area (Å²) in [7, 11) is 0. The monoisotopic (exact) mass is 388 g/mol. The smallest absolute Gasteiger partial charge is 0.272 e. The van der Waals surface area contributed by atoms with Crippen LogP contribution >= 0.6 is 34.4 Å². The molecule has 25 heavy (non-hydrogen) atoms. The lowest BCUT2D eigenvalue weighted by molar-refractivity contribution is 0.391. The Labute approximate surface area is 154 Å². The maximum atomic E-state index is 12.6. The van der Waals surface area contributed by atoms with E-state index >= 15 is 0 Å². The largest absolute Gasteiger partial charge is 0.338 e. The van der Waals surface area contributed by atoms with Crippen LogP contribution in [0.15, 0.2) is 56.1 Å². The first-order valence-corrected chi connectivity index (χ1v) is 10.1. The molecule has 0 unspecified atom stereocenters. The van der Waals surface area contributed by atoms with E-state index in [1.807, 2.05) is 29.0 Å². The fourth-order valence-electron chi connectivity index (χ4n) is 2.27. The minimum atomic E-state index is -0.0489. The lowest BCUT2D eigenvalue weighted by atomic mass is 10.4. The second-order valence-electron chi connectivity index (χ2n) is 5.01. The molecule has 0 fully saturated rings. The molecule has 0 spiro atoms. The number of rotatable bonds is 6. The summed E-state index contributed by atoms with van der Waals surface area (Å²) < 4.78 is 7.58. The van der Waals surface area contributed by atoms with Crippen LogP contribution in [0.2, 0.25) is 0 Å². The van der Waals surface area contributed by atoms with Gasteiger partial charge < -0.3 is 4.52 Å². The van der Waals surface area contributed by atoms with Crippen molar-refractivity contribution < 1.29 is 4.52 Å². The minimum Gasteiger partial charge on any atom is -0.338 e. The Bertz CT molecular complexity index is 1080. The van der Waals surface area contributed by atoms with E-state index < -0.39 is 0 Å². The first-order valence-electron chi connectivity index (χ1n) is 7.34. The highest BCUT2D eigenvalue weighted by Gasteiger charge is 2.14. The van der Waals surface area contributed by atoms with Crippen LogP contribution in [-0.2, 0) is 12.3 Å². The molecule has 4 heterocycles. The molecule has 0 aromatic carbocycles. The third kappa shape index (κ3) is 3.17. The van der Waals surface area contributed by atoms with Gasteiger partial charge in [0, 0.05) is 6.54 Å². The summed E-state index contributed by atoms with van der Waals surface area (Å²) in [4.78, 5) is 22.5. The maximum Gasteiger partial charge on any atom is 0.272 e. The summed E-state index contributed by atoms with van der Waals surface area (Å²) in [6.07, 6.45) is 1.69. The third-order valence-electron chi connectivity index (χ3n) is 3.38. The fourth-order valence-corrected chi connectivity index (χ4v) is 4.54. The lowest BCUT2D eigenvalue weighted by Crippen LogP contribution is -2.21. The average molecular weight is 388 g/mol. The zero-order chi connectivity index (χ0) is 17.2. The summed E-state index contributed by atoms with van der Waals surface area (Å²) in [5.74, 6) is 1.52. The molecule has 0 aliphatic rings. The molecule has 0 N–H and O–H groups in total. The van der Waals surface area contributed by atoms with Crippen LogP contribution in [0.5, 0.6) is 0 Å². The van der Waals surface area contributed by atoms with Gasteiger partial charge in [-0.1, -0.05) is 29.1 Å². The van der Waals surface area contributed by atoms with E-state index in [1.165, 1.54) is 23.1 Å². The van der Waals surface area contributed by atoms with Crippen molar-refractivity contribution in [3.8, 4) is 10.7 Å². The Morgan fingerprint density at radius 2 is 2.20 bits per heavy atom. The molecular weight excluding hydrogens is 376 g/mol. The zero-order valence-corrected chi connectivity index (χ0v) is 15.4. The molecule has 0 aliphatic heterocycles. The van der Waals surface area contributed by atoms with Crippen molar-refractivity contribution in [2.24, 2.45) is 0 Å². The van der Waals surface area contributed by atoms with Crippen molar-refractivity contribution in [2.75, 3.05) is 0 Å². The van der Waals surface area contributed by atoms with Crippen molar-refractivity contribution in [2.45, 2.75) is 17.5 Å². The second-order valence-corrected chi connectivity index (χ2v) is 7.82. The van der Waals surface area contributed by atoms with Gasteiger partial charge in [0.15, 0.2) is 5.16 Å². The van der Waals surface area contributed by atoms with Crippen LogP contribution in [0.3, 0.4) is 0 Å². The van der Waals surface area contributed by atoms with Crippen LogP contribution in [0, 0.1) is 0 Å². The number of hydrogen-bond acceptors (Lipinski definition) is 8.